The summed E-state index contributed by atoms with van der Waals surface area (Å²) in [5, 5.41) is 4.11. The van der Waals surface area contributed by atoms with Crippen molar-refractivity contribution in [3.8, 4) is 0 Å². The molecule has 2 aromatic carbocycles. The Labute approximate surface area is 169 Å². The second-order valence-corrected chi connectivity index (χ2v) is 8.26. The molecule has 3 aromatic rings. The third-order valence-corrected chi connectivity index (χ3v) is 5.34. The maximum absolute atomic E-state index is 12.6. The van der Waals surface area contributed by atoms with Crippen molar-refractivity contribution in [2.45, 2.75) is 11.8 Å². The smallest absolute Gasteiger partial charge is 0.289 e. The number of carbonyl (C=O) groups is 1. The number of hydrogen-bond acceptors (Lipinski definition) is 5. The Morgan fingerprint density at radius 2 is 1.55 bits per heavy atom. The van der Waals surface area contributed by atoms with Gasteiger partial charge in [0.2, 0.25) is 0 Å². The fraction of sp³-hybridized carbons (Fsp3) is 0.143. The van der Waals surface area contributed by atoms with Gasteiger partial charge in [0.25, 0.3) is 15.9 Å². The van der Waals surface area contributed by atoms with E-state index in [1.165, 1.54) is 23.1 Å². The molecule has 0 unspecified atom stereocenters. The van der Waals surface area contributed by atoms with E-state index in [9.17, 15) is 13.2 Å². The van der Waals surface area contributed by atoms with E-state index in [2.05, 4.69) is 9.93 Å². The molecular formula is C21H21N3O4S. The summed E-state index contributed by atoms with van der Waals surface area (Å²) in [6, 6.07) is 18.5. The first kappa shape index (κ1) is 20.3. The average molecular weight is 411 g/mol. The monoisotopic (exact) mass is 411 g/mol. The van der Waals surface area contributed by atoms with Gasteiger partial charge in [0, 0.05) is 19.7 Å². The van der Waals surface area contributed by atoms with Crippen LogP contribution in [0.2, 0.25) is 0 Å². The van der Waals surface area contributed by atoms with Crippen LogP contribution >= 0.6 is 0 Å². The Morgan fingerprint density at radius 1 is 0.931 bits per heavy atom. The number of hydrazone groups is 1. The molecule has 0 spiro atoms. The molecule has 0 aliphatic rings. The van der Waals surface area contributed by atoms with Crippen LogP contribution in [-0.2, 0) is 10.0 Å². The summed E-state index contributed by atoms with van der Waals surface area (Å²) in [6.07, 6.45) is 0. The van der Waals surface area contributed by atoms with Crippen LogP contribution in [0.4, 0.5) is 0 Å². The summed E-state index contributed by atoms with van der Waals surface area (Å²) in [5.41, 5.74) is 1.85. The van der Waals surface area contributed by atoms with Crippen LogP contribution in [-0.4, -0.2) is 39.0 Å². The van der Waals surface area contributed by atoms with Crippen molar-refractivity contribution in [2.24, 2.45) is 5.10 Å². The van der Waals surface area contributed by atoms with Gasteiger partial charge in [0.15, 0.2) is 11.5 Å². The van der Waals surface area contributed by atoms with Gasteiger partial charge in [-0.25, -0.2) is 0 Å². The maximum atomic E-state index is 12.6. The van der Waals surface area contributed by atoms with Gasteiger partial charge >= 0.3 is 0 Å². The number of nitrogens with zero attached hydrogens (tertiary/aromatic N) is 2. The average Bonchev–Trinajstić information content (AvgIpc) is 3.18. The molecule has 0 atom stereocenters. The highest BCUT2D eigenvalue weighted by atomic mass is 32.2. The summed E-state index contributed by atoms with van der Waals surface area (Å²) in [5.74, 6) is 0.104. The second-order valence-electron chi connectivity index (χ2n) is 6.60. The number of rotatable bonds is 6. The van der Waals surface area contributed by atoms with Crippen molar-refractivity contribution < 1.29 is 17.6 Å². The topological polar surface area (TPSA) is 92.0 Å². The zero-order valence-corrected chi connectivity index (χ0v) is 17.1. The second kappa shape index (κ2) is 8.32. The molecule has 0 radical (unpaired) electrons. The van der Waals surface area contributed by atoms with E-state index in [-0.39, 0.29) is 28.0 Å². The molecule has 150 valence electrons. The fourth-order valence-corrected chi connectivity index (χ4v) is 3.35. The van der Waals surface area contributed by atoms with Crippen LogP contribution in [0.25, 0.3) is 0 Å². The molecule has 0 saturated carbocycles. The van der Waals surface area contributed by atoms with Crippen LogP contribution in [0.1, 0.15) is 27.4 Å². The van der Waals surface area contributed by atoms with Crippen LogP contribution in [0.15, 0.2) is 81.1 Å². The molecule has 1 N–H and O–H groups in total. The summed E-state index contributed by atoms with van der Waals surface area (Å²) in [4.78, 5) is 15.9. The van der Waals surface area contributed by atoms with E-state index >= 15 is 0 Å². The number of nitrogens with one attached hydrogen (secondary N) is 1. The molecule has 7 nitrogen and oxygen atoms in total. The number of furan rings is 1. The largest absolute Gasteiger partial charge is 0.449 e. The highest BCUT2D eigenvalue weighted by Gasteiger charge is 2.19. The lowest BCUT2D eigenvalue weighted by molar-refractivity contribution is 0.0796. The Morgan fingerprint density at radius 3 is 2.17 bits per heavy atom. The number of benzene rings is 2. The standard InChI is InChI=1S/C21H21N3O4S/c1-15-9-11-17(12-10-15)29(26,27)23-22-20(16-7-5-4-6-8-16)18-13-14-19(28-18)21(25)24(2)3/h4-14,23H,1-3H3/b22-20+. The van der Waals surface area contributed by atoms with E-state index in [1.54, 1.807) is 56.6 Å². The summed E-state index contributed by atoms with van der Waals surface area (Å²) < 4.78 is 30.9. The molecule has 0 saturated heterocycles. The predicted molar refractivity (Wildman–Crippen MR) is 110 cm³/mol. The van der Waals surface area contributed by atoms with Gasteiger partial charge in [0.05, 0.1) is 4.90 Å². The third kappa shape index (κ3) is 4.72. The lowest BCUT2D eigenvalue weighted by Gasteiger charge is -2.08. The van der Waals surface area contributed by atoms with Gasteiger partial charge in [-0.05, 0) is 31.2 Å². The Balaban J connectivity index is 1.99. The molecule has 1 heterocycles. The zero-order chi connectivity index (χ0) is 21.0. The first-order chi connectivity index (χ1) is 13.8. The molecule has 0 aliphatic heterocycles. The lowest BCUT2D eigenvalue weighted by Crippen LogP contribution is -2.21. The van der Waals surface area contributed by atoms with Crippen molar-refractivity contribution in [3.63, 3.8) is 0 Å². The highest BCUT2D eigenvalue weighted by molar-refractivity contribution is 7.89. The number of hydrogen-bond donors (Lipinski definition) is 1. The van der Waals surface area contributed by atoms with E-state index < -0.39 is 10.0 Å². The Kier molecular flexibility index (Phi) is 5.84. The highest BCUT2D eigenvalue weighted by Crippen LogP contribution is 2.16. The molecule has 0 bridgehead atoms. The van der Waals surface area contributed by atoms with E-state index in [0.717, 1.165) is 5.56 Å². The minimum absolute atomic E-state index is 0.0992. The molecule has 0 fully saturated rings. The van der Waals surface area contributed by atoms with Gasteiger partial charge in [0.1, 0.15) is 5.71 Å². The SMILES string of the molecule is Cc1ccc(S(=O)(=O)N/N=C(\c2ccccc2)c2ccc(C(=O)N(C)C)o2)cc1. The van der Waals surface area contributed by atoms with Crippen molar-refractivity contribution >= 4 is 21.6 Å². The van der Waals surface area contributed by atoms with Crippen LogP contribution in [0.3, 0.4) is 0 Å². The van der Waals surface area contributed by atoms with Gasteiger partial charge < -0.3 is 9.32 Å². The van der Waals surface area contributed by atoms with Gasteiger partial charge in [-0.1, -0.05) is 48.0 Å². The molecule has 8 heteroatoms. The molecule has 1 amide bonds. The molecule has 0 aliphatic carbocycles. The summed E-state index contributed by atoms with van der Waals surface area (Å²) >= 11 is 0. The number of sulfonamides is 1. The normalized spacial score (nSPS) is 11.9. The van der Waals surface area contributed by atoms with Crippen molar-refractivity contribution in [1.82, 2.24) is 9.73 Å². The molecule has 29 heavy (non-hydrogen) atoms. The summed E-state index contributed by atoms with van der Waals surface area (Å²) in [7, 11) is -0.630. The Bertz CT molecular complexity index is 1130. The minimum Gasteiger partial charge on any atom is -0.449 e. The van der Waals surface area contributed by atoms with E-state index in [1.807, 2.05) is 13.0 Å². The van der Waals surface area contributed by atoms with Crippen molar-refractivity contribution in [2.75, 3.05) is 14.1 Å². The minimum atomic E-state index is -3.87. The first-order valence-corrected chi connectivity index (χ1v) is 10.3. The molecular weight excluding hydrogens is 390 g/mol. The summed E-state index contributed by atoms with van der Waals surface area (Å²) in [6.45, 7) is 1.87. The van der Waals surface area contributed by atoms with E-state index in [0.29, 0.717) is 5.56 Å². The van der Waals surface area contributed by atoms with Gasteiger partial charge in [-0.2, -0.15) is 18.4 Å². The molecule has 1 aromatic heterocycles. The number of aryl methyl sites for hydroxylation is 1. The third-order valence-electron chi connectivity index (χ3n) is 4.11. The molecule has 3 rings (SSSR count). The van der Waals surface area contributed by atoms with E-state index in [4.69, 9.17) is 4.42 Å². The van der Waals surface area contributed by atoms with Crippen LogP contribution in [0.5, 0.6) is 0 Å². The quantitative estimate of drug-likeness (QED) is 0.499. The lowest BCUT2D eigenvalue weighted by atomic mass is 10.1. The predicted octanol–water partition coefficient (Wildman–Crippen LogP) is 3.02. The van der Waals surface area contributed by atoms with Crippen LogP contribution in [0, 0.1) is 6.92 Å². The van der Waals surface area contributed by atoms with Crippen molar-refractivity contribution in [1.29, 1.82) is 0 Å². The number of carbonyl (C=O) groups excluding carboxylic acids is 1. The van der Waals surface area contributed by atoms with Gasteiger partial charge in [-0.3, -0.25) is 4.79 Å². The van der Waals surface area contributed by atoms with Crippen LogP contribution < -0.4 is 4.83 Å². The Hall–Kier alpha value is -3.39. The first-order valence-electron chi connectivity index (χ1n) is 8.81. The fourth-order valence-electron chi connectivity index (χ4n) is 2.53. The van der Waals surface area contributed by atoms with Gasteiger partial charge in [-0.15, -0.1) is 0 Å². The zero-order valence-electron chi connectivity index (χ0n) is 16.3. The van der Waals surface area contributed by atoms with Crippen molar-refractivity contribution in [3.05, 3.63) is 89.4 Å². The maximum Gasteiger partial charge on any atom is 0.289 e. The number of amides is 1.